The number of rotatable bonds is 5. The molecule has 7 heteroatoms. The van der Waals surface area contributed by atoms with Gasteiger partial charge in [0.2, 0.25) is 10.0 Å². The predicted molar refractivity (Wildman–Crippen MR) is 97.7 cm³/mol. The molecule has 2 heterocycles. The highest BCUT2D eigenvalue weighted by Gasteiger charge is 2.26. The summed E-state index contributed by atoms with van der Waals surface area (Å²) < 4.78 is 22.4. The van der Waals surface area contributed by atoms with Gasteiger partial charge >= 0.3 is 0 Å². The first kappa shape index (κ1) is 18.4. The molecule has 2 fully saturated rings. The second-order valence-corrected chi connectivity index (χ2v) is 8.98. The highest BCUT2D eigenvalue weighted by molar-refractivity contribution is 7.89. The second kappa shape index (κ2) is 7.85. The van der Waals surface area contributed by atoms with E-state index in [2.05, 4.69) is 17.4 Å². The Kier molecular flexibility index (Phi) is 5.76. The van der Waals surface area contributed by atoms with Gasteiger partial charge in [0, 0.05) is 18.7 Å². The Morgan fingerprint density at radius 3 is 2.36 bits per heavy atom. The molecule has 0 aromatic heterocycles. The SMILES string of the molecule is NS(=O)(=O)CC1CCN(C(=O)c2ccc(CC3CCNC3)cc2)CC1. The first-order chi connectivity index (χ1) is 11.9. The van der Waals surface area contributed by atoms with Gasteiger partial charge in [-0.1, -0.05) is 12.1 Å². The fraction of sp³-hybridized carbons (Fsp3) is 0.611. The van der Waals surface area contributed by atoms with Crippen molar-refractivity contribution in [3.8, 4) is 0 Å². The summed E-state index contributed by atoms with van der Waals surface area (Å²) in [6, 6.07) is 7.94. The number of carbonyl (C=O) groups excluding carboxylic acids is 1. The predicted octanol–water partition coefficient (Wildman–Crippen LogP) is 0.979. The Bertz CT molecular complexity index is 689. The molecule has 0 radical (unpaired) electrons. The lowest BCUT2D eigenvalue weighted by Crippen LogP contribution is -2.40. The van der Waals surface area contributed by atoms with Crippen molar-refractivity contribution in [3.05, 3.63) is 35.4 Å². The third kappa shape index (κ3) is 5.26. The largest absolute Gasteiger partial charge is 0.339 e. The fourth-order valence-corrected chi connectivity index (χ4v) is 4.81. The van der Waals surface area contributed by atoms with Crippen molar-refractivity contribution in [2.75, 3.05) is 31.9 Å². The van der Waals surface area contributed by atoms with Crippen molar-refractivity contribution in [3.63, 3.8) is 0 Å². The molecule has 1 aromatic rings. The third-order valence-corrected chi connectivity index (χ3v) is 6.19. The number of nitrogens with two attached hydrogens (primary N) is 1. The molecule has 138 valence electrons. The number of nitrogens with one attached hydrogen (secondary N) is 1. The zero-order valence-corrected chi connectivity index (χ0v) is 15.3. The lowest BCUT2D eigenvalue weighted by Gasteiger charge is -2.31. The molecule has 1 aromatic carbocycles. The molecular formula is C18H27N3O3S. The van der Waals surface area contributed by atoms with Crippen LogP contribution in [0.2, 0.25) is 0 Å². The minimum absolute atomic E-state index is 0.0136. The van der Waals surface area contributed by atoms with Crippen LogP contribution in [0.25, 0.3) is 0 Å². The van der Waals surface area contributed by atoms with Crippen LogP contribution in [0.3, 0.4) is 0 Å². The summed E-state index contributed by atoms with van der Waals surface area (Å²) in [4.78, 5) is 14.4. The molecular weight excluding hydrogens is 338 g/mol. The summed E-state index contributed by atoms with van der Waals surface area (Å²) in [6.07, 6.45) is 3.65. The lowest BCUT2D eigenvalue weighted by atomic mass is 9.96. The van der Waals surface area contributed by atoms with Crippen LogP contribution in [-0.4, -0.2) is 51.2 Å². The molecule has 2 saturated heterocycles. The van der Waals surface area contributed by atoms with Crippen molar-refractivity contribution in [1.29, 1.82) is 0 Å². The number of amides is 1. The first-order valence-corrected chi connectivity index (χ1v) is 10.7. The first-order valence-electron chi connectivity index (χ1n) is 9.00. The zero-order chi connectivity index (χ0) is 17.9. The van der Waals surface area contributed by atoms with E-state index in [1.807, 2.05) is 17.0 Å². The monoisotopic (exact) mass is 365 g/mol. The summed E-state index contributed by atoms with van der Waals surface area (Å²) in [5.41, 5.74) is 1.98. The topological polar surface area (TPSA) is 92.5 Å². The number of hydrogen-bond donors (Lipinski definition) is 2. The molecule has 0 aliphatic carbocycles. The van der Waals surface area contributed by atoms with Crippen molar-refractivity contribution in [1.82, 2.24) is 10.2 Å². The number of benzene rings is 1. The summed E-state index contributed by atoms with van der Waals surface area (Å²) >= 11 is 0. The van der Waals surface area contributed by atoms with Crippen LogP contribution in [0.1, 0.15) is 35.2 Å². The maximum absolute atomic E-state index is 12.6. The van der Waals surface area contributed by atoms with Gasteiger partial charge in [-0.25, -0.2) is 13.6 Å². The molecule has 6 nitrogen and oxygen atoms in total. The standard InChI is InChI=1S/C18H27N3O3S/c19-25(23,24)13-15-6-9-21(10-7-15)18(22)17-3-1-14(2-4-17)11-16-5-8-20-12-16/h1-4,15-16,20H,5-13H2,(H2,19,23,24). The van der Waals surface area contributed by atoms with Crippen molar-refractivity contribution >= 4 is 15.9 Å². The molecule has 1 amide bonds. The van der Waals surface area contributed by atoms with Gasteiger partial charge in [-0.05, 0) is 68.3 Å². The minimum atomic E-state index is -3.44. The molecule has 2 aliphatic rings. The molecule has 25 heavy (non-hydrogen) atoms. The van der Waals surface area contributed by atoms with E-state index in [0.29, 0.717) is 37.4 Å². The average Bonchev–Trinajstić information content (AvgIpc) is 3.07. The van der Waals surface area contributed by atoms with Crippen LogP contribution in [0, 0.1) is 11.8 Å². The number of piperidine rings is 1. The van der Waals surface area contributed by atoms with Gasteiger partial charge in [0.05, 0.1) is 5.75 Å². The van der Waals surface area contributed by atoms with E-state index in [9.17, 15) is 13.2 Å². The molecule has 0 saturated carbocycles. The van der Waals surface area contributed by atoms with Gasteiger partial charge in [0.1, 0.15) is 0 Å². The number of primary sulfonamides is 1. The van der Waals surface area contributed by atoms with Gasteiger partial charge in [0.15, 0.2) is 0 Å². The highest BCUT2D eigenvalue weighted by atomic mass is 32.2. The van der Waals surface area contributed by atoms with E-state index in [0.717, 1.165) is 19.5 Å². The van der Waals surface area contributed by atoms with Crippen molar-refractivity contribution < 1.29 is 13.2 Å². The summed E-state index contributed by atoms with van der Waals surface area (Å²) in [5, 5.41) is 8.49. The number of carbonyl (C=O) groups is 1. The maximum Gasteiger partial charge on any atom is 0.253 e. The number of likely N-dealkylation sites (tertiary alicyclic amines) is 1. The Hall–Kier alpha value is -1.44. The van der Waals surface area contributed by atoms with Gasteiger partial charge in [-0.3, -0.25) is 4.79 Å². The van der Waals surface area contributed by atoms with Crippen LogP contribution in [-0.2, 0) is 16.4 Å². The van der Waals surface area contributed by atoms with Crippen LogP contribution in [0.15, 0.2) is 24.3 Å². The second-order valence-electron chi connectivity index (χ2n) is 7.32. The molecule has 0 spiro atoms. The van der Waals surface area contributed by atoms with E-state index >= 15 is 0 Å². The van der Waals surface area contributed by atoms with Gasteiger partial charge < -0.3 is 10.2 Å². The number of nitrogens with zero attached hydrogens (tertiary/aromatic N) is 1. The number of hydrogen-bond acceptors (Lipinski definition) is 4. The Labute approximate surface area is 149 Å². The van der Waals surface area contributed by atoms with Crippen molar-refractivity contribution in [2.45, 2.75) is 25.7 Å². The van der Waals surface area contributed by atoms with Crippen molar-refractivity contribution in [2.24, 2.45) is 17.0 Å². The Morgan fingerprint density at radius 1 is 1.12 bits per heavy atom. The Morgan fingerprint density at radius 2 is 1.80 bits per heavy atom. The fourth-order valence-electron chi connectivity index (χ4n) is 3.82. The number of sulfonamides is 1. The molecule has 2 aliphatic heterocycles. The van der Waals surface area contributed by atoms with E-state index in [1.165, 1.54) is 12.0 Å². The van der Waals surface area contributed by atoms with Crippen LogP contribution < -0.4 is 10.5 Å². The summed E-state index contributed by atoms with van der Waals surface area (Å²) in [6.45, 7) is 3.36. The molecule has 0 bridgehead atoms. The molecule has 1 atom stereocenters. The Balaban J connectivity index is 1.53. The molecule has 1 unspecified atom stereocenters. The summed E-state index contributed by atoms with van der Waals surface area (Å²) in [7, 11) is -3.44. The van der Waals surface area contributed by atoms with Crippen LogP contribution in [0.5, 0.6) is 0 Å². The summed E-state index contributed by atoms with van der Waals surface area (Å²) in [5.74, 6) is 0.795. The van der Waals surface area contributed by atoms with Crippen LogP contribution in [0.4, 0.5) is 0 Å². The van der Waals surface area contributed by atoms with Crippen LogP contribution >= 0.6 is 0 Å². The average molecular weight is 365 g/mol. The lowest BCUT2D eigenvalue weighted by molar-refractivity contribution is 0.0698. The molecule has 3 N–H and O–H groups in total. The van der Waals surface area contributed by atoms with E-state index in [-0.39, 0.29) is 17.6 Å². The highest BCUT2D eigenvalue weighted by Crippen LogP contribution is 2.21. The van der Waals surface area contributed by atoms with E-state index < -0.39 is 10.0 Å². The quantitative estimate of drug-likeness (QED) is 0.813. The van der Waals surface area contributed by atoms with Gasteiger partial charge in [-0.2, -0.15) is 0 Å². The molecule has 3 rings (SSSR count). The van der Waals surface area contributed by atoms with Gasteiger partial charge in [0.25, 0.3) is 5.91 Å². The minimum Gasteiger partial charge on any atom is -0.339 e. The zero-order valence-electron chi connectivity index (χ0n) is 14.5. The van der Waals surface area contributed by atoms with E-state index in [4.69, 9.17) is 5.14 Å². The van der Waals surface area contributed by atoms with E-state index in [1.54, 1.807) is 0 Å². The van der Waals surface area contributed by atoms with Gasteiger partial charge in [-0.15, -0.1) is 0 Å². The normalized spacial score (nSPS) is 22.3. The third-order valence-electron chi connectivity index (χ3n) is 5.26. The maximum atomic E-state index is 12.6. The smallest absolute Gasteiger partial charge is 0.253 e.